The van der Waals surface area contributed by atoms with Crippen molar-refractivity contribution in [1.29, 1.82) is 0 Å². The molecule has 0 bridgehead atoms. The maximum atomic E-state index is 10.6. The highest BCUT2D eigenvalue weighted by atomic mass is 32.2. The van der Waals surface area contributed by atoms with Gasteiger partial charge in [0.1, 0.15) is 5.75 Å². The van der Waals surface area contributed by atoms with Crippen molar-refractivity contribution in [2.24, 2.45) is 0 Å². The average molecular weight is 298 g/mol. The fraction of sp³-hybridized carbons (Fsp3) is 0.600. The number of thioether (sulfide) groups is 2. The Labute approximate surface area is 124 Å². The Hall–Kier alpha value is -0.320. The lowest BCUT2D eigenvalue weighted by atomic mass is 10.1. The van der Waals surface area contributed by atoms with Crippen molar-refractivity contribution in [3.05, 3.63) is 29.8 Å². The Morgan fingerprint density at radius 3 is 2.84 bits per heavy atom. The van der Waals surface area contributed by atoms with Crippen molar-refractivity contribution in [3.63, 3.8) is 0 Å². The van der Waals surface area contributed by atoms with Crippen LogP contribution in [-0.4, -0.2) is 33.2 Å². The molecule has 1 N–H and O–H groups in total. The van der Waals surface area contributed by atoms with Gasteiger partial charge in [-0.15, -0.1) is 0 Å². The Bertz CT molecular complexity index is 411. The molecule has 0 aromatic heterocycles. The molecule has 4 unspecified atom stereocenters. The van der Waals surface area contributed by atoms with Crippen molar-refractivity contribution in [1.82, 2.24) is 0 Å². The van der Waals surface area contributed by atoms with E-state index in [0.717, 1.165) is 17.1 Å². The van der Waals surface area contributed by atoms with Crippen LogP contribution in [0.3, 0.4) is 0 Å². The molecule has 0 saturated carbocycles. The van der Waals surface area contributed by atoms with E-state index in [-0.39, 0.29) is 5.25 Å². The monoisotopic (exact) mass is 298 g/mol. The molecule has 4 atom stereocenters. The lowest BCUT2D eigenvalue weighted by Crippen LogP contribution is -2.30. The molecule has 1 saturated heterocycles. The fourth-order valence-electron chi connectivity index (χ4n) is 2.14. The number of hydrogen-bond acceptors (Lipinski definition) is 4. The molecule has 2 rings (SSSR count). The summed E-state index contributed by atoms with van der Waals surface area (Å²) in [6, 6.07) is 7.84. The van der Waals surface area contributed by atoms with Crippen molar-refractivity contribution < 1.29 is 9.84 Å². The number of aliphatic hydroxyl groups is 1. The molecular formula is C15H22O2S2. The van der Waals surface area contributed by atoms with Crippen molar-refractivity contribution >= 4 is 23.5 Å². The first-order chi connectivity index (χ1) is 9.11. The molecule has 1 aromatic rings. The average Bonchev–Trinajstić information content (AvgIpc) is 2.42. The first-order valence-electron chi connectivity index (χ1n) is 6.79. The van der Waals surface area contributed by atoms with E-state index in [9.17, 15) is 5.11 Å². The third kappa shape index (κ3) is 3.83. The molecule has 2 nitrogen and oxygen atoms in total. The zero-order chi connectivity index (χ0) is 13.8. The Morgan fingerprint density at radius 2 is 2.16 bits per heavy atom. The van der Waals surface area contributed by atoms with Gasteiger partial charge in [0.05, 0.1) is 12.7 Å². The maximum absolute atomic E-state index is 10.6. The third-order valence-corrected chi connectivity index (χ3v) is 6.92. The van der Waals surface area contributed by atoms with Gasteiger partial charge in [-0.25, -0.2) is 0 Å². The molecule has 0 spiro atoms. The normalized spacial score (nSPS) is 28.9. The molecule has 1 heterocycles. The van der Waals surface area contributed by atoms with Crippen LogP contribution in [-0.2, 0) is 0 Å². The minimum absolute atomic E-state index is 0.271. The van der Waals surface area contributed by atoms with Crippen LogP contribution < -0.4 is 4.74 Å². The van der Waals surface area contributed by atoms with Crippen LogP contribution in [0.15, 0.2) is 24.3 Å². The summed E-state index contributed by atoms with van der Waals surface area (Å²) in [5.74, 6) is 1.85. The van der Waals surface area contributed by atoms with E-state index in [1.165, 1.54) is 0 Å². The minimum Gasteiger partial charge on any atom is -0.494 e. The lowest BCUT2D eigenvalue weighted by molar-refractivity contribution is 0.179. The number of ether oxygens (including phenoxy) is 1. The summed E-state index contributed by atoms with van der Waals surface area (Å²) in [5.41, 5.74) is 0.964. The van der Waals surface area contributed by atoms with Gasteiger partial charge >= 0.3 is 0 Å². The van der Waals surface area contributed by atoms with E-state index in [1.54, 1.807) is 0 Å². The van der Waals surface area contributed by atoms with Crippen LogP contribution in [0, 0.1) is 0 Å². The second kappa shape index (κ2) is 6.91. The molecule has 0 aliphatic carbocycles. The molecule has 106 valence electrons. The van der Waals surface area contributed by atoms with Gasteiger partial charge in [-0.2, -0.15) is 23.5 Å². The predicted octanol–water partition coefficient (Wildman–Crippen LogP) is 3.74. The standard InChI is InChI=1S/C15H22O2S2/c1-4-17-13-7-5-6-12(8-13)15(16)14-9-18-10(2)11(3)19-14/h5-8,10-11,14-16H,4,9H2,1-3H3. The van der Waals surface area contributed by atoms with Gasteiger partial charge in [0.25, 0.3) is 0 Å². The van der Waals surface area contributed by atoms with Crippen molar-refractivity contribution in [2.45, 2.75) is 42.6 Å². The predicted molar refractivity (Wildman–Crippen MR) is 85.3 cm³/mol. The van der Waals surface area contributed by atoms with E-state index in [0.29, 0.717) is 17.1 Å². The maximum Gasteiger partial charge on any atom is 0.119 e. The Balaban J connectivity index is 2.06. The van der Waals surface area contributed by atoms with Crippen LogP contribution in [0.2, 0.25) is 0 Å². The number of benzene rings is 1. The summed E-state index contributed by atoms with van der Waals surface area (Å²) < 4.78 is 5.50. The van der Waals surface area contributed by atoms with Gasteiger partial charge in [0.15, 0.2) is 0 Å². The molecule has 1 aliphatic heterocycles. The molecule has 1 fully saturated rings. The van der Waals surface area contributed by atoms with Gasteiger partial charge in [-0.1, -0.05) is 26.0 Å². The van der Waals surface area contributed by atoms with Crippen LogP contribution in [0.4, 0.5) is 0 Å². The van der Waals surface area contributed by atoms with Gasteiger partial charge in [-0.05, 0) is 24.6 Å². The summed E-state index contributed by atoms with van der Waals surface area (Å²) >= 11 is 3.86. The highest BCUT2D eigenvalue weighted by Crippen LogP contribution is 2.41. The van der Waals surface area contributed by atoms with Crippen molar-refractivity contribution in [2.75, 3.05) is 12.4 Å². The number of aliphatic hydroxyl groups excluding tert-OH is 1. The van der Waals surface area contributed by atoms with E-state index in [1.807, 2.05) is 54.7 Å². The van der Waals surface area contributed by atoms with Crippen LogP contribution in [0.5, 0.6) is 5.75 Å². The molecular weight excluding hydrogens is 276 g/mol. The Morgan fingerprint density at radius 1 is 1.37 bits per heavy atom. The molecule has 0 radical (unpaired) electrons. The quantitative estimate of drug-likeness (QED) is 0.917. The van der Waals surface area contributed by atoms with Crippen LogP contribution in [0.25, 0.3) is 0 Å². The smallest absolute Gasteiger partial charge is 0.119 e. The van der Waals surface area contributed by atoms with Gasteiger partial charge in [0.2, 0.25) is 0 Å². The van der Waals surface area contributed by atoms with Gasteiger partial charge < -0.3 is 9.84 Å². The third-order valence-electron chi connectivity index (χ3n) is 3.44. The number of rotatable bonds is 4. The van der Waals surface area contributed by atoms with Gasteiger partial charge in [-0.3, -0.25) is 0 Å². The van der Waals surface area contributed by atoms with Gasteiger partial charge in [0, 0.05) is 21.5 Å². The lowest BCUT2D eigenvalue weighted by Gasteiger charge is -2.34. The summed E-state index contributed by atoms with van der Waals surface area (Å²) in [7, 11) is 0. The first-order valence-corrected chi connectivity index (χ1v) is 8.79. The summed E-state index contributed by atoms with van der Waals surface area (Å²) in [5, 5.41) is 12.1. The second-order valence-corrected chi connectivity index (χ2v) is 7.90. The highest BCUT2D eigenvalue weighted by molar-refractivity contribution is 8.07. The first kappa shape index (κ1) is 15.1. The summed E-state index contributed by atoms with van der Waals surface area (Å²) in [4.78, 5) is 0. The molecule has 4 heteroatoms. The molecule has 1 aromatic carbocycles. The van der Waals surface area contributed by atoms with E-state index in [2.05, 4.69) is 13.8 Å². The minimum atomic E-state index is -0.409. The highest BCUT2D eigenvalue weighted by Gasteiger charge is 2.31. The second-order valence-electron chi connectivity index (χ2n) is 4.87. The number of hydrogen-bond donors (Lipinski definition) is 1. The SMILES string of the molecule is CCOc1cccc(C(O)C2CSC(C)C(C)S2)c1. The molecule has 0 amide bonds. The summed E-state index contributed by atoms with van der Waals surface area (Å²) in [6.45, 7) is 7.14. The summed E-state index contributed by atoms with van der Waals surface area (Å²) in [6.07, 6.45) is -0.409. The van der Waals surface area contributed by atoms with E-state index < -0.39 is 6.10 Å². The molecule has 1 aliphatic rings. The van der Waals surface area contributed by atoms with Crippen molar-refractivity contribution in [3.8, 4) is 5.75 Å². The van der Waals surface area contributed by atoms with Crippen LogP contribution in [0.1, 0.15) is 32.4 Å². The zero-order valence-electron chi connectivity index (χ0n) is 11.7. The molecule has 19 heavy (non-hydrogen) atoms. The topological polar surface area (TPSA) is 29.5 Å². The van der Waals surface area contributed by atoms with Crippen LogP contribution >= 0.6 is 23.5 Å². The van der Waals surface area contributed by atoms with E-state index >= 15 is 0 Å². The Kier molecular flexibility index (Phi) is 5.48. The fourth-order valence-corrected chi connectivity index (χ4v) is 5.15. The van der Waals surface area contributed by atoms with E-state index in [4.69, 9.17) is 4.74 Å². The zero-order valence-corrected chi connectivity index (χ0v) is 13.3. The largest absolute Gasteiger partial charge is 0.494 e.